The van der Waals surface area contributed by atoms with Crippen molar-refractivity contribution in [1.82, 2.24) is 0 Å². The first kappa shape index (κ1) is 39.8. The topological polar surface area (TPSA) is 9.72 Å². The molecule has 0 amide bonds. The van der Waals surface area contributed by atoms with Gasteiger partial charge in [0.1, 0.15) is 0 Å². The number of para-hydroxylation sites is 1. The summed E-state index contributed by atoms with van der Waals surface area (Å²) >= 11 is 0. The highest BCUT2D eigenvalue weighted by atomic mass is 15.2. The van der Waals surface area contributed by atoms with Gasteiger partial charge in [0.2, 0.25) is 0 Å². The van der Waals surface area contributed by atoms with Crippen molar-refractivity contribution >= 4 is 95.8 Å². The van der Waals surface area contributed by atoms with Gasteiger partial charge in [-0.2, -0.15) is 0 Å². The normalized spacial score (nSPS) is 12.8. The molecule has 10 aromatic carbocycles. The Morgan fingerprint density at radius 1 is 0.394 bits per heavy atom. The maximum absolute atomic E-state index is 2.58. The van der Waals surface area contributed by atoms with Crippen LogP contribution in [0.2, 0.25) is 0 Å². The van der Waals surface area contributed by atoms with E-state index in [9.17, 15) is 0 Å². The quantitative estimate of drug-likeness (QED) is 0.154. The monoisotopic (exact) mass is 847 g/mol. The molecule has 2 aliphatic rings. The third kappa shape index (κ3) is 6.59. The van der Waals surface area contributed by atoms with Crippen molar-refractivity contribution in [3.8, 4) is 11.1 Å². The first-order valence-corrected chi connectivity index (χ1v) is 23.2. The Morgan fingerprint density at radius 2 is 0.939 bits per heavy atom. The van der Waals surface area contributed by atoms with Crippen LogP contribution >= 0.6 is 0 Å². The Balaban J connectivity index is 1.23. The van der Waals surface area contributed by atoms with Gasteiger partial charge in [-0.1, -0.05) is 177 Å². The molecule has 4 heteroatoms. The van der Waals surface area contributed by atoms with E-state index >= 15 is 0 Å². The molecule has 0 unspecified atom stereocenters. The molecule has 0 fully saturated rings. The van der Waals surface area contributed by atoms with Crippen LogP contribution < -0.4 is 31.1 Å². The van der Waals surface area contributed by atoms with Crippen molar-refractivity contribution in [2.75, 3.05) is 14.7 Å². The highest BCUT2D eigenvalue weighted by molar-refractivity contribution is 7.00. The molecule has 0 N–H and O–H groups in total. The Hall–Kier alpha value is -7.82. The van der Waals surface area contributed by atoms with Crippen LogP contribution in [0.15, 0.2) is 212 Å². The number of hydrogen-bond acceptors (Lipinski definition) is 3. The van der Waals surface area contributed by atoms with Crippen molar-refractivity contribution in [2.24, 2.45) is 0 Å². The minimum Gasteiger partial charge on any atom is -0.311 e. The van der Waals surface area contributed by atoms with E-state index in [-0.39, 0.29) is 12.1 Å². The third-order valence-electron chi connectivity index (χ3n) is 13.8. The molecule has 0 aromatic heterocycles. The van der Waals surface area contributed by atoms with Gasteiger partial charge < -0.3 is 14.7 Å². The molecular formula is C62H50BN3. The summed E-state index contributed by atoms with van der Waals surface area (Å²) in [4.78, 5) is 7.59. The number of anilines is 9. The molecule has 66 heavy (non-hydrogen) atoms. The van der Waals surface area contributed by atoms with E-state index in [2.05, 4.69) is 262 Å². The summed E-state index contributed by atoms with van der Waals surface area (Å²) in [5.41, 5.74) is 20.4. The zero-order chi connectivity index (χ0) is 44.7. The molecule has 10 aromatic rings. The fraction of sp³-hybridized carbons (Fsp3) is 0.0968. The molecule has 0 radical (unpaired) electrons. The molecule has 0 aliphatic carbocycles. The number of aryl methyl sites for hydroxylation is 2. The van der Waals surface area contributed by atoms with E-state index in [4.69, 9.17) is 0 Å². The Kier molecular flexibility index (Phi) is 9.29. The number of rotatable bonds is 6. The van der Waals surface area contributed by atoms with Gasteiger partial charge in [-0.25, -0.2) is 0 Å². The second-order valence-corrected chi connectivity index (χ2v) is 19.2. The van der Waals surface area contributed by atoms with E-state index in [1.165, 1.54) is 88.5 Å². The van der Waals surface area contributed by atoms with Crippen molar-refractivity contribution < 1.29 is 0 Å². The van der Waals surface area contributed by atoms with Gasteiger partial charge in [0.25, 0.3) is 6.71 Å². The highest BCUT2D eigenvalue weighted by Crippen LogP contribution is 2.50. The Bertz CT molecular complexity index is 3430. The average Bonchev–Trinajstić information content (AvgIpc) is 3.34. The molecule has 2 aliphatic heterocycles. The second-order valence-electron chi connectivity index (χ2n) is 19.2. The predicted molar refractivity (Wildman–Crippen MR) is 284 cm³/mol. The first-order valence-electron chi connectivity index (χ1n) is 23.2. The van der Waals surface area contributed by atoms with E-state index in [1.807, 2.05) is 0 Å². The molecule has 0 saturated carbocycles. The fourth-order valence-corrected chi connectivity index (χ4v) is 10.5. The maximum atomic E-state index is 2.58. The molecule has 12 rings (SSSR count). The van der Waals surface area contributed by atoms with Crippen LogP contribution in [0.1, 0.15) is 37.5 Å². The van der Waals surface area contributed by atoms with Crippen molar-refractivity contribution in [1.29, 1.82) is 0 Å². The Morgan fingerprint density at radius 3 is 1.61 bits per heavy atom. The maximum Gasteiger partial charge on any atom is 0.252 e. The molecule has 3 nitrogen and oxygen atoms in total. The van der Waals surface area contributed by atoms with Gasteiger partial charge in [-0.3, -0.25) is 0 Å². The fourth-order valence-electron chi connectivity index (χ4n) is 10.5. The summed E-state index contributed by atoms with van der Waals surface area (Å²) in [6.07, 6.45) is 0. The minimum atomic E-state index is -0.0486. The van der Waals surface area contributed by atoms with E-state index in [0.29, 0.717) is 0 Å². The molecule has 0 spiro atoms. The van der Waals surface area contributed by atoms with Crippen LogP contribution in [-0.4, -0.2) is 6.71 Å². The molecule has 0 bridgehead atoms. The van der Waals surface area contributed by atoms with Crippen LogP contribution in [0.4, 0.5) is 51.2 Å². The summed E-state index contributed by atoms with van der Waals surface area (Å²) in [6, 6.07) is 79.4. The van der Waals surface area contributed by atoms with E-state index in [0.717, 1.165) is 28.4 Å². The lowest BCUT2D eigenvalue weighted by molar-refractivity contribution is 0.591. The lowest BCUT2D eigenvalue weighted by atomic mass is 9.33. The molecule has 2 heterocycles. The number of nitrogens with zero attached hydrogens (tertiary/aromatic N) is 3. The number of benzene rings is 10. The summed E-state index contributed by atoms with van der Waals surface area (Å²) in [6.45, 7) is 11.4. The molecule has 0 atom stereocenters. The van der Waals surface area contributed by atoms with Crippen molar-refractivity contribution in [3.05, 3.63) is 229 Å². The Labute approximate surface area is 388 Å². The lowest BCUT2D eigenvalue weighted by Gasteiger charge is -2.45. The number of fused-ring (bicyclic) bond motifs is 6. The van der Waals surface area contributed by atoms with Gasteiger partial charge in [0, 0.05) is 45.4 Å². The summed E-state index contributed by atoms with van der Waals surface area (Å²) in [5.74, 6) is 0. The third-order valence-corrected chi connectivity index (χ3v) is 13.8. The van der Waals surface area contributed by atoms with E-state index < -0.39 is 0 Å². The van der Waals surface area contributed by atoms with Crippen LogP contribution in [0.3, 0.4) is 0 Å². The molecule has 0 saturated heterocycles. The lowest BCUT2D eigenvalue weighted by Crippen LogP contribution is -2.61. The highest BCUT2D eigenvalue weighted by Gasteiger charge is 2.45. The summed E-state index contributed by atoms with van der Waals surface area (Å²) in [7, 11) is 0. The van der Waals surface area contributed by atoms with Crippen LogP contribution in [0.5, 0.6) is 0 Å². The van der Waals surface area contributed by atoms with Gasteiger partial charge in [-0.15, -0.1) is 0 Å². The van der Waals surface area contributed by atoms with Crippen LogP contribution in [-0.2, 0) is 5.41 Å². The standard InChI is InChI=1S/C62H50BN3/c1-41-23-29-49(30-24-41)65-57-33-25-42(2)35-54(57)63-55-38-48(62(3,4)5)28-34-58(55)66(56-22-14-13-21-53(56)45-17-7-6-8-18-45)60-40-52(39-59(65)61(60)63)64(50-31-26-43-15-9-11-19-46(43)36-50)51-32-27-44-16-10-12-20-47(44)37-51/h6-40H,1-5H3. The zero-order valence-electron chi connectivity index (χ0n) is 38.1. The zero-order valence-corrected chi connectivity index (χ0v) is 38.1. The number of hydrogen-bond donors (Lipinski definition) is 0. The first-order chi connectivity index (χ1) is 32.2. The van der Waals surface area contributed by atoms with Crippen molar-refractivity contribution in [3.63, 3.8) is 0 Å². The van der Waals surface area contributed by atoms with Gasteiger partial charge >= 0.3 is 0 Å². The predicted octanol–water partition coefficient (Wildman–Crippen LogP) is 15.1. The van der Waals surface area contributed by atoms with Gasteiger partial charge in [-0.05, 0) is 135 Å². The average molecular weight is 848 g/mol. The summed E-state index contributed by atoms with van der Waals surface area (Å²) in [5, 5.41) is 4.84. The summed E-state index contributed by atoms with van der Waals surface area (Å²) < 4.78 is 0. The van der Waals surface area contributed by atoms with Crippen LogP contribution in [0, 0.1) is 13.8 Å². The van der Waals surface area contributed by atoms with Gasteiger partial charge in [0.15, 0.2) is 0 Å². The van der Waals surface area contributed by atoms with Crippen molar-refractivity contribution in [2.45, 2.75) is 40.0 Å². The molecule has 316 valence electrons. The SMILES string of the molecule is Cc1ccc(N2c3ccc(C)cc3B3c4cc(C(C)(C)C)ccc4N(c4ccccc4-c4ccccc4)c4cc(N(c5ccc6ccccc6c5)c5ccc6ccccc6c5)cc2c43)cc1. The second kappa shape index (κ2) is 15.4. The molecular weight excluding hydrogens is 798 g/mol. The van der Waals surface area contributed by atoms with Crippen LogP contribution in [0.25, 0.3) is 32.7 Å². The minimum absolute atomic E-state index is 0.0205. The van der Waals surface area contributed by atoms with E-state index in [1.54, 1.807) is 0 Å². The largest absolute Gasteiger partial charge is 0.311 e. The van der Waals surface area contributed by atoms with Gasteiger partial charge in [0.05, 0.1) is 11.4 Å². The smallest absolute Gasteiger partial charge is 0.252 e.